The number of nitrogens with one attached hydrogen (secondary N) is 1. The SMILES string of the molecule is C[C@@H](Sc1ccccc1)C(=O)Nc1cccc(Cl)c1. The minimum absolute atomic E-state index is 0.0314. The van der Waals surface area contributed by atoms with Gasteiger partial charge in [0.2, 0.25) is 5.91 Å². The highest BCUT2D eigenvalue weighted by molar-refractivity contribution is 8.00. The Morgan fingerprint density at radius 1 is 1.16 bits per heavy atom. The second kappa shape index (κ2) is 6.64. The van der Waals surface area contributed by atoms with Crippen LogP contribution in [0.3, 0.4) is 0 Å². The van der Waals surface area contributed by atoms with Crippen molar-refractivity contribution < 1.29 is 4.79 Å². The highest BCUT2D eigenvalue weighted by atomic mass is 35.5. The van der Waals surface area contributed by atoms with Crippen LogP contribution in [0.5, 0.6) is 0 Å². The number of rotatable bonds is 4. The molecule has 0 aromatic heterocycles. The van der Waals surface area contributed by atoms with Gasteiger partial charge in [-0.05, 0) is 37.3 Å². The highest BCUT2D eigenvalue weighted by Crippen LogP contribution is 2.24. The van der Waals surface area contributed by atoms with Crippen LogP contribution in [0.4, 0.5) is 5.69 Å². The highest BCUT2D eigenvalue weighted by Gasteiger charge is 2.14. The standard InChI is InChI=1S/C15H14ClNOS/c1-11(19-14-8-3-2-4-9-14)15(18)17-13-7-5-6-12(16)10-13/h2-11H,1H3,(H,17,18)/t11-/m1/s1. The number of carbonyl (C=O) groups excluding carboxylic acids is 1. The first-order valence-electron chi connectivity index (χ1n) is 5.93. The molecule has 1 N–H and O–H groups in total. The summed E-state index contributed by atoms with van der Waals surface area (Å²) in [5, 5.41) is 3.31. The normalized spacial score (nSPS) is 11.9. The van der Waals surface area contributed by atoms with Gasteiger partial charge in [-0.25, -0.2) is 0 Å². The fraction of sp³-hybridized carbons (Fsp3) is 0.133. The number of hydrogen-bond donors (Lipinski definition) is 1. The lowest BCUT2D eigenvalue weighted by Gasteiger charge is -2.12. The van der Waals surface area contributed by atoms with E-state index in [9.17, 15) is 4.79 Å². The first-order chi connectivity index (χ1) is 9.15. The molecule has 0 aliphatic carbocycles. The molecule has 98 valence electrons. The molecule has 0 spiro atoms. The lowest BCUT2D eigenvalue weighted by atomic mass is 10.3. The van der Waals surface area contributed by atoms with E-state index in [1.165, 1.54) is 11.8 Å². The Kier molecular flexibility index (Phi) is 4.88. The molecule has 2 aromatic carbocycles. The van der Waals surface area contributed by atoms with Crippen molar-refractivity contribution in [1.29, 1.82) is 0 Å². The molecule has 2 nitrogen and oxygen atoms in total. The summed E-state index contributed by atoms with van der Waals surface area (Å²) < 4.78 is 0. The van der Waals surface area contributed by atoms with E-state index in [4.69, 9.17) is 11.6 Å². The van der Waals surface area contributed by atoms with Crippen molar-refractivity contribution in [3.05, 3.63) is 59.6 Å². The van der Waals surface area contributed by atoms with Gasteiger partial charge in [-0.1, -0.05) is 35.9 Å². The van der Waals surface area contributed by atoms with E-state index in [1.807, 2.05) is 49.4 Å². The molecule has 2 rings (SSSR count). The van der Waals surface area contributed by atoms with Crippen molar-refractivity contribution in [2.75, 3.05) is 5.32 Å². The number of benzene rings is 2. The minimum Gasteiger partial charge on any atom is -0.325 e. The molecule has 0 saturated heterocycles. The van der Waals surface area contributed by atoms with Gasteiger partial charge in [0.1, 0.15) is 0 Å². The first kappa shape index (κ1) is 14.0. The van der Waals surface area contributed by atoms with Crippen LogP contribution >= 0.6 is 23.4 Å². The van der Waals surface area contributed by atoms with Crippen LogP contribution in [0.15, 0.2) is 59.5 Å². The van der Waals surface area contributed by atoms with E-state index >= 15 is 0 Å². The van der Waals surface area contributed by atoms with Gasteiger partial charge in [0.15, 0.2) is 0 Å². The Morgan fingerprint density at radius 3 is 2.58 bits per heavy atom. The molecule has 0 unspecified atom stereocenters. The summed E-state index contributed by atoms with van der Waals surface area (Å²) in [6, 6.07) is 17.0. The lowest BCUT2D eigenvalue weighted by molar-refractivity contribution is -0.115. The van der Waals surface area contributed by atoms with Crippen molar-refractivity contribution in [3.8, 4) is 0 Å². The second-order valence-corrected chi connectivity index (χ2v) is 5.92. The van der Waals surface area contributed by atoms with Gasteiger partial charge in [0.05, 0.1) is 5.25 Å². The summed E-state index contributed by atoms with van der Waals surface area (Å²) in [5.74, 6) is -0.0314. The molecule has 0 aliphatic heterocycles. The summed E-state index contributed by atoms with van der Waals surface area (Å²) in [5.41, 5.74) is 0.720. The Morgan fingerprint density at radius 2 is 1.89 bits per heavy atom. The molecule has 0 saturated carbocycles. The predicted molar refractivity (Wildman–Crippen MR) is 81.8 cm³/mol. The van der Waals surface area contributed by atoms with E-state index in [-0.39, 0.29) is 11.2 Å². The fourth-order valence-corrected chi connectivity index (χ4v) is 2.65. The van der Waals surface area contributed by atoms with E-state index in [2.05, 4.69) is 5.32 Å². The van der Waals surface area contributed by atoms with Crippen LogP contribution in [-0.4, -0.2) is 11.2 Å². The number of amides is 1. The van der Waals surface area contributed by atoms with Gasteiger partial charge >= 0.3 is 0 Å². The summed E-state index contributed by atoms with van der Waals surface area (Å²) in [7, 11) is 0. The average molecular weight is 292 g/mol. The third-order valence-electron chi connectivity index (χ3n) is 2.52. The van der Waals surface area contributed by atoms with E-state index in [0.717, 1.165) is 10.6 Å². The predicted octanol–water partition coefficient (Wildman–Crippen LogP) is 4.46. The zero-order valence-electron chi connectivity index (χ0n) is 10.5. The summed E-state index contributed by atoms with van der Waals surface area (Å²) >= 11 is 7.41. The number of carbonyl (C=O) groups is 1. The van der Waals surface area contributed by atoms with Crippen LogP contribution in [-0.2, 0) is 4.79 Å². The minimum atomic E-state index is -0.165. The second-order valence-electron chi connectivity index (χ2n) is 4.07. The van der Waals surface area contributed by atoms with Crippen LogP contribution < -0.4 is 5.32 Å². The van der Waals surface area contributed by atoms with Crippen LogP contribution in [0.25, 0.3) is 0 Å². The molecule has 0 fully saturated rings. The van der Waals surface area contributed by atoms with Crippen molar-refractivity contribution in [3.63, 3.8) is 0 Å². The van der Waals surface area contributed by atoms with Crippen LogP contribution in [0.2, 0.25) is 5.02 Å². The van der Waals surface area contributed by atoms with Crippen LogP contribution in [0.1, 0.15) is 6.92 Å². The van der Waals surface area contributed by atoms with E-state index in [0.29, 0.717) is 5.02 Å². The number of hydrogen-bond acceptors (Lipinski definition) is 2. The third kappa shape index (κ3) is 4.30. The van der Waals surface area contributed by atoms with Crippen molar-refractivity contribution in [1.82, 2.24) is 0 Å². The lowest BCUT2D eigenvalue weighted by Crippen LogP contribution is -2.22. The van der Waals surface area contributed by atoms with Crippen molar-refractivity contribution in [2.45, 2.75) is 17.1 Å². The number of thioether (sulfide) groups is 1. The largest absolute Gasteiger partial charge is 0.325 e. The molecule has 4 heteroatoms. The fourth-order valence-electron chi connectivity index (χ4n) is 1.57. The smallest absolute Gasteiger partial charge is 0.237 e. The molecule has 19 heavy (non-hydrogen) atoms. The molecule has 0 radical (unpaired) electrons. The van der Waals surface area contributed by atoms with Gasteiger partial charge in [-0.2, -0.15) is 0 Å². The Bertz CT molecular complexity index is 559. The van der Waals surface area contributed by atoms with Gasteiger partial charge in [-0.15, -0.1) is 11.8 Å². The van der Waals surface area contributed by atoms with Gasteiger partial charge in [-0.3, -0.25) is 4.79 Å². The van der Waals surface area contributed by atoms with Crippen molar-refractivity contribution in [2.24, 2.45) is 0 Å². The Balaban J connectivity index is 1.96. The maximum atomic E-state index is 12.1. The van der Waals surface area contributed by atoms with Crippen LogP contribution in [0, 0.1) is 0 Å². The molecule has 1 amide bonds. The van der Waals surface area contributed by atoms with Gasteiger partial charge < -0.3 is 5.32 Å². The summed E-state index contributed by atoms with van der Waals surface area (Å²) in [6.07, 6.45) is 0. The first-order valence-corrected chi connectivity index (χ1v) is 7.19. The molecule has 2 aromatic rings. The quantitative estimate of drug-likeness (QED) is 0.843. The average Bonchev–Trinajstić information content (AvgIpc) is 2.40. The monoisotopic (exact) mass is 291 g/mol. The zero-order chi connectivity index (χ0) is 13.7. The Labute approximate surface area is 122 Å². The molecule has 1 atom stereocenters. The summed E-state index contributed by atoms with van der Waals surface area (Å²) in [6.45, 7) is 1.89. The molecular weight excluding hydrogens is 278 g/mol. The van der Waals surface area contributed by atoms with E-state index in [1.54, 1.807) is 12.1 Å². The molecule has 0 heterocycles. The third-order valence-corrected chi connectivity index (χ3v) is 3.86. The summed E-state index contributed by atoms with van der Waals surface area (Å²) in [4.78, 5) is 13.1. The molecule has 0 aliphatic rings. The molecule has 0 bridgehead atoms. The maximum absolute atomic E-state index is 12.1. The Hall–Kier alpha value is -1.45. The molecular formula is C15H14ClNOS. The zero-order valence-corrected chi connectivity index (χ0v) is 12.0. The van der Waals surface area contributed by atoms with Gasteiger partial charge in [0, 0.05) is 15.6 Å². The number of halogens is 1. The number of anilines is 1. The van der Waals surface area contributed by atoms with Gasteiger partial charge in [0.25, 0.3) is 0 Å². The van der Waals surface area contributed by atoms with E-state index < -0.39 is 0 Å². The topological polar surface area (TPSA) is 29.1 Å². The van der Waals surface area contributed by atoms with Crippen molar-refractivity contribution >= 4 is 35.0 Å². The maximum Gasteiger partial charge on any atom is 0.237 e.